The molecule has 5 aliphatic rings. The summed E-state index contributed by atoms with van der Waals surface area (Å²) in [5.41, 5.74) is 1.95. The second-order valence-electron chi connectivity index (χ2n) is 12.2. The van der Waals surface area contributed by atoms with Crippen LogP contribution in [0.25, 0.3) is 0 Å². The fraction of sp³-hybridized carbons (Fsp3) is 1.00. The average molecular weight is 495 g/mol. The maximum absolute atomic E-state index is 7.24. The van der Waals surface area contributed by atoms with E-state index in [9.17, 15) is 0 Å². The van der Waals surface area contributed by atoms with E-state index in [2.05, 4.69) is 0 Å². The van der Waals surface area contributed by atoms with E-state index in [1.165, 1.54) is 141 Å². The Morgan fingerprint density at radius 1 is 0.394 bits per heavy atom. The fourth-order valence-corrected chi connectivity index (χ4v) is 16.2. The van der Waals surface area contributed by atoms with Crippen LogP contribution in [0.5, 0.6) is 0 Å². The Balaban J connectivity index is 1.54. The second-order valence-corrected chi connectivity index (χ2v) is 17.6. The van der Waals surface area contributed by atoms with Gasteiger partial charge in [-0.2, -0.15) is 0 Å². The van der Waals surface area contributed by atoms with E-state index in [1.807, 2.05) is 0 Å². The van der Waals surface area contributed by atoms with Crippen molar-refractivity contribution < 1.29 is 9.47 Å². The first-order chi connectivity index (χ1) is 16.3. The topological polar surface area (TPSA) is 18.5 Å². The molecule has 6 unspecified atom stereocenters. The first-order valence-electron chi connectivity index (χ1n) is 15.2. The molecule has 5 fully saturated rings. The van der Waals surface area contributed by atoms with Crippen LogP contribution in [0.3, 0.4) is 0 Å². The maximum atomic E-state index is 7.24. The van der Waals surface area contributed by atoms with Crippen molar-refractivity contribution >= 4 is 17.8 Å². The van der Waals surface area contributed by atoms with Crippen LogP contribution in [-0.4, -0.2) is 41.4 Å². The molecule has 2 nitrogen and oxygen atoms in total. The van der Waals surface area contributed by atoms with Crippen molar-refractivity contribution in [1.82, 2.24) is 0 Å². The third-order valence-electron chi connectivity index (χ3n) is 10.0. The van der Waals surface area contributed by atoms with Crippen LogP contribution in [-0.2, 0) is 21.3 Å². The van der Waals surface area contributed by atoms with Gasteiger partial charge in [0.05, 0.1) is 24.4 Å². The van der Waals surface area contributed by atoms with Gasteiger partial charge in [-0.3, -0.25) is 0 Å². The monoisotopic (exact) mass is 494 g/mol. The number of hydrogen-bond donors (Lipinski definition) is 0. The average Bonchev–Trinajstić information content (AvgIpc) is 2.98. The fourth-order valence-electron chi connectivity index (χ4n) is 8.39. The van der Waals surface area contributed by atoms with Crippen molar-refractivity contribution in [3.05, 3.63) is 0 Å². The third kappa shape index (κ3) is 5.62. The predicted molar refractivity (Wildman–Crippen MR) is 145 cm³/mol. The van der Waals surface area contributed by atoms with E-state index < -0.39 is 6.04 Å². The Morgan fingerprint density at radius 3 is 1.09 bits per heavy atom. The summed E-state index contributed by atoms with van der Waals surface area (Å²) in [6.45, 7) is 0. The van der Waals surface area contributed by atoms with E-state index in [0.29, 0.717) is 41.4 Å². The lowest BCUT2D eigenvalue weighted by atomic mass is 9.97. The van der Waals surface area contributed by atoms with Crippen molar-refractivity contribution in [3.63, 3.8) is 0 Å². The minimum Gasteiger partial charge on any atom is -0.374 e. The molecule has 0 aromatic carbocycles. The molecule has 6 atom stereocenters. The zero-order chi connectivity index (χ0) is 22.5. The molecule has 2 saturated heterocycles. The third-order valence-corrected chi connectivity index (χ3v) is 17.2. The van der Waals surface area contributed by atoms with Crippen LogP contribution >= 0.6 is 6.04 Å². The lowest BCUT2D eigenvalue weighted by Crippen LogP contribution is -2.59. The molecule has 0 radical (unpaired) electrons. The largest absolute Gasteiger partial charge is 0.374 e. The summed E-state index contributed by atoms with van der Waals surface area (Å²) in [6.07, 6.45) is 31.8. The van der Waals surface area contributed by atoms with Crippen molar-refractivity contribution in [2.24, 2.45) is 0 Å². The van der Waals surface area contributed by atoms with Gasteiger partial charge < -0.3 is 9.47 Å². The maximum Gasteiger partial charge on any atom is 0.0679 e. The molecule has 2 heterocycles. The van der Waals surface area contributed by atoms with Gasteiger partial charge in [0.1, 0.15) is 0 Å². The van der Waals surface area contributed by atoms with Gasteiger partial charge in [0.25, 0.3) is 0 Å². The molecule has 3 saturated carbocycles. The van der Waals surface area contributed by atoms with E-state index in [-0.39, 0.29) is 0 Å². The van der Waals surface area contributed by atoms with Crippen LogP contribution in [0.1, 0.15) is 141 Å². The zero-order valence-corrected chi connectivity index (χ0v) is 23.0. The number of rotatable bonds is 0. The lowest BCUT2D eigenvalue weighted by molar-refractivity contribution is -0.0992. The van der Waals surface area contributed by atoms with Crippen molar-refractivity contribution in [3.8, 4) is 0 Å². The molecule has 0 aromatic heterocycles. The van der Waals surface area contributed by atoms with Crippen molar-refractivity contribution in [2.45, 2.75) is 183 Å². The molecule has 190 valence electrons. The van der Waals surface area contributed by atoms with Crippen molar-refractivity contribution in [1.29, 1.82) is 0 Å². The summed E-state index contributed by atoms with van der Waals surface area (Å²) < 4.78 is 14.4. The standard InChI is InChI=1S/C29H51O2PS/c33-32-27-21-15-9-3-7-11-17-23(27)30-25-19-13-5-1-2-6-14-20-26(29(25)32)31-24-18-12-8-4-10-16-22-28(24)32/h23-29H,1-22H2. The van der Waals surface area contributed by atoms with Gasteiger partial charge in [-0.1, -0.05) is 115 Å². The summed E-state index contributed by atoms with van der Waals surface area (Å²) in [5, 5.41) is 0. The Morgan fingerprint density at radius 2 is 0.697 bits per heavy atom. The molecule has 5 rings (SSSR count). The van der Waals surface area contributed by atoms with Gasteiger partial charge in [0.2, 0.25) is 0 Å². The number of ether oxygens (including phenoxy) is 2. The first kappa shape index (κ1) is 25.2. The second kappa shape index (κ2) is 12.2. The normalized spacial score (nSPS) is 46.2. The summed E-state index contributed by atoms with van der Waals surface area (Å²) in [7, 11) is 0. The Hall–Kier alpha value is 0.570. The molecule has 2 aliphatic heterocycles. The molecule has 0 bridgehead atoms. The first-order valence-corrected chi connectivity index (χ1v) is 18.2. The summed E-state index contributed by atoms with van der Waals surface area (Å²) in [4.78, 5) is 0. The minimum atomic E-state index is -1.60. The number of fused-ring (bicyclic) bond motifs is 4. The Kier molecular flexibility index (Phi) is 9.33. The summed E-state index contributed by atoms with van der Waals surface area (Å²) in [6, 6.07) is -1.60. The minimum absolute atomic E-state index is 0.398. The number of hydrogen-bond acceptors (Lipinski definition) is 3. The van der Waals surface area contributed by atoms with Gasteiger partial charge in [0, 0.05) is 17.0 Å². The molecule has 0 aromatic rings. The highest BCUT2D eigenvalue weighted by atomic mass is 32.4. The molecular formula is C29H51O2PS. The molecule has 0 spiro atoms. The molecule has 0 N–H and O–H groups in total. The van der Waals surface area contributed by atoms with E-state index in [0.717, 1.165) is 0 Å². The predicted octanol–water partition coefficient (Wildman–Crippen LogP) is 8.73. The highest BCUT2D eigenvalue weighted by molar-refractivity contribution is 8.15. The van der Waals surface area contributed by atoms with E-state index in [4.69, 9.17) is 21.3 Å². The zero-order valence-electron chi connectivity index (χ0n) is 21.3. The van der Waals surface area contributed by atoms with Gasteiger partial charge in [-0.15, -0.1) is 0 Å². The quantitative estimate of drug-likeness (QED) is 0.314. The summed E-state index contributed by atoms with van der Waals surface area (Å²) >= 11 is 7.24. The van der Waals surface area contributed by atoms with Gasteiger partial charge >= 0.3 is 0 Å². The Bertz CT molecular complexity index is 604. The van der Waals surface area contributed by atoms with Crippen LogP contribution < -0.4 is 0 Å². The smallest absolute Gasteiger partial charge is 0.0679 e. The highest BCUT2D eigenvalue weighted by Gasteiger charge is 2.59. The van der Waals surface area contributed by atoms with E-state index >= 15 is 0 Å². The van der Waals surface area contributed by atoms with Gasteiger partial charge in [-0.25, -0.2) is 0 Å². The molecule has 4 heteroatoms. The van der Waals surface area contributed by atoms with E-state index in [1.54, 1.807) is 0 Å². The molecule has 3 aliphatic carbocycles. The van der Waals surface area contributed by atoms with Crippen molar-refractivity contribution in [2.75, 3.05) is 0 Å². The van der Waals surface area contributed by atoms with Crippen LogP contribution in [0.4, 0.5) is 0 Å². The van der Waals surface area contributed by atoms with Crippen LogP contribution in [0, 0.1) is 0 Å². The SMILES string of the molecule is S=P12C3CCCCCCCC3OC3CCCCCCCCC(OC4CCCCCCCC41)C32. The van der Waals surface area contributed by atoms with Crippen LogP contribution in [0.15, 0.2) is 0 Å². The molecule has 0 amide bonds. The lowest BCUT2D eigenvalue weighted by Gasteiger charge is -2.60. The van der Waals surface area contributed by atoms with Gasteiger partial charge in [0.15, 0.2) is 0 Å². The molecule has 33 heavy (non-hydrogen) atoms. The summed E-state index contributed by atoms with van der Waals surface area (Å²) in [5.74, 6) is 0. The highest BCUT2D eigenvalue weighted by Crippen LogP contribution is 2.72. The molecular weight excluding hydrogens is 443 g/mol. The van der Waals surface area contributed by atoms with Crippen LogP contribution in [0.2, 0.25) is 0 Å². The Labute approximate surface area is 209 Å². The van der Waals surface area contributed by atoms with Gasteiger partial charge in [-0.05, 0) is 44.6 Å².